The first-order chi connectivity index (χ1) is 12.2. The highest BCUT2D eigenvalue weighted by molar-refractivity contribution is 5.55. The topological polar surface area (TPSA) is 80.1 Å². The van der Waals surface area contributed by atoms with Gasteiger partial charge in [0.05, 0.1) is 24.9 Å². The third-order valence-corrected chi connectivity index (χ3v) is 4.56. The molecule has 1 aliphatic heterocycles. The van der Waals surface area contributed by atoms with Crippen LogP contribution in [0.4, 0.5) is 0 Å². The number of nitrogens with one attached hydrogen (secondary N) is 1. The normalized spacial score (nSPS) is 21.0. The van der Waals surface area contributed by atoms with Crippen molar-refractivity contribution in [1.82, 2.24) is 25.1 Å². The van der Waals surface area contributed by atoms with E-state index in [0.29, 0.717) is 12.4 Å². The molecule has 1 N–H and O–H groups in total. The molecule has 0 amide bonds. The molecule has 1 saturated heterocycles. The second-order valence-corrected chi connectivity index (χ2v) is 6.30. The van der Waals surface area contributed by atoms with Crippen LogP contribution in [-0.2, 0) is 11.3 Å². The van der Waals surface area contributed by atoms with Crippen LogP contribution in [0.5, 0.6) is 0 Å². The maximum absolute atomic E-state index is 5.95. The van der Waals surface area contributed by atoms with Crippen molar-refractivity contribution in [3.8, 4) is 11.3 Å². The minimum atomic E-state index is 0.0991. The van der Waals surface area contributed by atoms with E-state index in [-0.39, 0.29) is 12.1 Å². The molecule has 0 bridgehead atoms. The molecule has 0 radical (unpaired) electrons. The summed E-state index contributed by atoms with van der Waals surface area (Å²) in [4.78, 5) is 11.2. The number of aromatic amines is 1. The Morgan fingerprint density at radius 1 is 1.32 bits per heavy atom. The van der Waals surface area contributed by atoms with Gasteiger partial charge in [0.1, 0.15) is 5.82 Å². The van der Waals surface area contributed by atoms with Gasteiger partial charge in [0.25, 0.3) is 0 Å². The predicted molar refractivity (Wildman–Crippen MR) is 91.6 cm³/mol. The summed E-state index contributed by atoms with van der Waals surface area (Å²) in [6.45, 7) is 3.31. The number of likely N-dealkylation sites (tertiary alicyclic amines) is 1. The van der Waals surface area contributed by atoms with Gasteiger partial charge in [0.15, 0.2) is 11.6 Å². The largest absolute Gasteiger partial charge is 0.439 e. The van der Waals surface area contributed by atoms with Crippen LogP contribution in [-0.4, -0.2) is 44.8 Å². The monoisotopic (exact) mass is 339 g/mol. The van der Waals surface area contributed by atoms with Crippen molar-refractivity contribution in [2.24, 2.45) is 0 Å². The van der Waals surface area contributed by atoms with E-state index in [1.54, 1.807) is 13.3 Å². The molecule has 3 heterocycles. The fourth-order valence-electron chi connectivity index (χ4n) is 3.28. The second-order valence-electron chi connectivity index (χ2n) is 6.30. The van der Waals surface area contributed by atoms with Gasteiger partial charge in [-0.3, -0.25) is 10.00 Å². The number of hydrogen-bond acceptors (Lipinski definition) is 6. The molecule has 7 heteroatoms. The Bertz CT molecular complexity index is 829. The number of aromatic nitrogens is 4. The first kappa shape index (κ1) is 16.0. The third kappa shape index (κ3) is 3.33. The summed E-state index contributed by atoms with van der Waals surface area (Å²) in [6, 6.07) is 10.1. The van der Waals surface area contributed by atoms with Gasteiger partial charge in [-0.15, -0.1) is 0 Å². The molecule has 3 aromatic rings. The predicted octanol–water partition coefficient (Wildman–Crippen LogP) is 2.73. The zero-order valence-corrected chi connectivity index (χ0v) is 14.3. The molecule has 4 rings (SSSR count). The second kappa shape index (κ2) is 6.78. The highest BCUT2D eigenvalue weighted by Gasteiger charge is 2.36. The van der Waals surface area contributed by atoms with Crippen molar-refractivity contribution in [3.05, 3.63) is 54.1 Å². The van der Waals surface area contributed by atoms with Gasteiger partial charge >= 0.3 is 0 Å². The van der Waals surface area contributed by atoms with E-state index in [0.717, 1.165) is 35.9 Å². The average molecular weight is 339 g/mol. The lowest BCUT2D eigenvalue weighted by molar-refractivity contribution is 0.106. The number of aryl methyl sites for hydroxylation is 1. The summed E-state index contributed by atoms with van der Waals surface area (Å²) in [5, 5.41) is 7.25. The van der Waals surface area contributed by atoms with Crippen LogP contribution < -0.4 is 0 Å². The van der Waals surface area contributed by atoms with E-state index < -0.39 is 0 Å². The summed E-state index contributed by atoms with van der Waals surface area (Å²) in [5.41, 5.74) is 1.03. The van der Waals surface area contributed by atoms with Crippen molar-refractivity contribution in [2.45, 2.75) is 32.0 Å². The summed E-state index contributed by atoms with van der Waals surface area (Å²) in [6.07, 6.45) is 2.80. The van der Waals surface area contributed by atoms with Crippen LogP contribution in [0.25, 0.3) is 11.3 Å². The fraction of sp³-hybridized carbons (Fsp3) is 0.389. The van der Waals surface area contributed by atoms with E-state index in [4.69, 9.17) is 9.15 Å². The Hall–Kier alpha value is -2.51. The van der Waals surface area contributed by atoms with Gasteiger partial charge in [-0.1, -0.05) is 30.3 Å². The van der Waals surface area contributed by atoms with Gasteiger partial charge in [0.2, 0.25) is 5.89 Å². The first-order valence-electron chi connectivity index (χ1n) is 8.39. The number of nitrogens with zero attached hydrogens (tertiary/aromatic N) is 4. The number of oxazole rings is 1. The van der Waals surface area contributed by atoms with Crippen molar-refractivity contribution in [3.63, 3.8) is 0 Å². The average Bonchev–Trinajstić information content (AvgIpc) is 3.36. The van der Waals surface area contributed by atoms with E-state index in [1.165, 1.54) is 0 Å². The molecule has 0 aliphatic carbocycles. The molecule has 0 unspecified atom stereocenters. The zero-order chi connectivity index (χ0) is 17.2. The lowest BCUT2D eigenvalue weighted by Crippen LogP contribution is -2.25. The van der Waals surface area contributed by atoms with E-state index in [9.17, 15) is 0 Å². The molecule has 2 atom stereocenters. The molecule has 7 nitrogen and oxygen atoms in total. The Morgan fingerprint density at radius 2 is 2.16 bits per heavy atom. The van der Waals surface area contributed by atoms with Crippen LogP contribution in [0.2, 0.25) is 0 Å². The van der Waals surface area contributed by atoms with E-state index >= 15 is 0 Å². The molecule has 130 valence electrons. The highest BCUT2D eigenvalue weighted by Crippen LogP contribution is 2.33. The minimum absolute atomic E-state index is 0.0991. The van der Waals surface area contributed by atoms with E-state index in [2.05, 4.69) is 25.1 Å². The minimum Gasteiger partial charge on any atom is -0.439 e. The molecule has 1 fully saturated rings. The van der Waals surface area contributed by atoms with Crippen LogP contribution >= 0.6 is 0 Å². The number of rotatable bonds is 5. The van der Waals surface area contributed by atoms with Crippen LogP contribution in [0.15, 0.2) is 40.9 Å². The fourth-order valence-corrected chi connectivity index (χ4v) is 3.28. The van der Waals surface area contributed by atoms with Crippen molar-refractivity contribution >= 4 is 0 Å². The maximum atomic E-state index is 5.95. The van der Waals surface area contributed by atoms with Gasteiger partial charge in [0, 0.05) is 19.2 Å². The summed E-state index contributed by atoms with van der Waals surface area (Å²) in [7, 11) is 1.74. The first-order valence-corrected chi connectivity index (χ1v) is 8.39. The number of hydrogen-bond donors (Lipinski definition) is 1. The molecule has 1 aliphatic rings. The quantitative estimate of drug-likeness (QED) is 0.770. The third-order valence-electron chi connectivity index (χ3n) is 4.56. The lowest BCUT2D eigenvalue weighted by Gasteiger charge is -2.19. The smallest absolute Gasteiger partial charge is 0.209 e. The molecular weight excluding hydrogens is 318 g/mol. The highest BCUT2D eigenvalue weighted by atomic mass is 16.5. The standard InChI is InChI=1S/C18H21N5O2/c1-12-20-18(22-21-12)15-8-14(24-2)10-23(15)11-17-19-9-16(25-17)13-6-4-3-5-7-13/h3-7,9,14-15H,8,10-11H2,1-2H3,(H,20,21,22)/t14-,15+/m1/s1. The lowest BCUT2D eigenvalue weighted by atomic mass is 10.2. The van der Waals surface area contributed by atoms with Gasteiger partial charge < -0.3 is 9.15 Å². The zero-order valence-electron chi connectivity index (χ0n) is 14.3. The summed E-state index contributed by atoms with van der Waals surface area (Å²) >= 11 is 0. The number of H-pyrrole nitrogens is 1. The van der Waals surface area contributed by atoms with Gasteiger partial charge in [-0.25, -0.2) is 9.97 Å². The van der Waals surface area contributed by atoms with Crippen molar-refractivity contribution in [1.29, 1.82) is 0 Å². The van der Waals surface area contributed by atoms with Gasteiger partial charge in [-0.05, 0) is 13.3 Å². The molecule has 25 heavy (non-hydrogen) atoms. The van der Waals surface area contributed by atoms with E-state index in [1.807, 2.05) is 37.3 Å². The maximum Gasteiger partial charge on any atom is 0.209 e. The SMILES string of the molecule is CO[C@@H]1C[C@@H](c2n[nH]c(C)n2)N(Cc2ncc(-c3ccccc3)o2)C1. The number of methoxy groups -OCH3 is 1. The molecule has 0 saturated carbocycles. The summed E-state index contributed by atoms with van der Waals surface area (Å²) in [5.74, 6) is 3.08. The molecule has 0 spiro atoms. The van der Waals surface area contributed by atoms with Gasteiger partial charge in [-0.2, -0.15) is 5.10 Å². The number of benzene rings is 1. The van der Waals surface area contributed by atoms with Crippen molar-refractivity contribution < 1.29 is 9.15 Å². The number of ether oxygens (including phenoxy) is 1. The van der Waals surface area contributed by atoms with Crippen LogP contribution in [0.3, 0.4) is 0 Å². The molecular formula is C18H21N5O2. The Kier molecular flexibility index (Phi) is 4.33. The van der Waals surface area contributed by atoms with Crippen LogP contribution in [0.1, 0.15) is 30.0 Å². The molecule has 1 aromatic carbocycles. The Morgan fingerprint density at radius 3 is 2.88 bits per heavy atom. The summed E-state index contributed by atoms with van der Waals surface area (Å²) < 4.78 is 11.5. The Labute approximate surface area is 146 Å². The molecule has 2 aromatic heterocycles. The van der Waals surface area contributed by atoms with Crippen molar-refractivity contribution in [2.75, 3.05) is 13.7 Å². The Balaban J connectivity index is 1.53. The van der Waals surface area contributed by atoms with Crippen LogP contribution in [0, 0.1) is 6.92 Å².